The first-order valence-electron chi connectivity index (χ1n) is 4.17. The molecule has 1 heterocycles. The lowest BCUT2D eigenvalue weighted by Crippen LogP contribution is -2.16. The molecule has 0 aromatic carbocycles. The number of hydrogen-bond acceptors (Lipinski definition) is 4. The average Bonchev–Trinajstić information content (AvgIpc) is 2.79. The second-order valence-corrected chi connectivity index (χ2v) is 3.94. The van der Waals surface area contributed by atoms with Gasteiger partial charge in [0.25, 0.3) is 0 Å². The molecule has 1 aromatic rings. The largest absolute Gasteiger partial charge is 0.477 e. The number of rotatable bonds is 4. The summed E-state index contributed by atoms with van der Waals surface area (Å²) in [6.45, 7) is 0.628. The number of nitrogens with zero attached hydrogens (tertiary/aromatic N) is 1. The molecule has 0 atom stereocenters. The van der Waals surface area contributed by atoms with Crippen LogP contribution in [-0.2, 0) is 6.54 Å². The summed E-state index contributed by atoms with van der Waals surface area (Å²) >= 11 is 1.04. The maximum absolute atomic E-state index is 10.7. The lowest BCUT2D eigenvalue weighted by atomic mass is 10.3. The van der Waals surface area contributed by atoms with Gasteiger partial charge in [-0.3, -0.25) is 0 Å². The van der Waals surface area contributed by atoms with Crippen LogP contribution in [-0.4, -0.2) is 21.5 Å². The van der Waals surface area contributed by atoms with Crippen molar-refractivity contribution in [1.82, 2.24) is 9.69 Å². The second kappa shape index (κ2) is 3.43. The highest BCUT2D eigenvalue weighted by atomic mass is 32.1. The molecule has 1 aliphatic carbocycles. The van der Waals surface area contributed by atoms with Gasteiger partial charge in [-0.25, -0.2) is 4.79 Å². The van der Waals surface area contributed by atoms with E-state index in [4.69, 9.17) is 5.11 Å². The van der Waals surface area contributed by atoms with Crippen molar-refractivity contribution in [1.29, 1.82) is 0 Å². The van der Waals surface area contributed by atoms with Crippen molar-refractivity contribution in [2.24, 2.45) is 0 Å². The Hall–Kier alpha value is -0.940. The molecule has 0 saturated heterocycles. The molecular formula is C8H10N2O2S. The molecule has 0 aliphatic heterocycles. The van der Waals surface area contributed by atoms with Gasteiger partial charge >= 0.3 is 5.97 Å². The van der Waals surface area contributed by atoms with Crippen LogP contribution in [0.4, 0.5) is 0 Å². The van der Waals surface area contributed by atoms with Crippen LogP contribution in [0.25, 0.3) is 0 Å². The topological polar surface area (TPSA) is 62.2 Å². The average molecular weight is 198 g/mol. The number of aromatic nitrogens is 1. The van der Waals surface area contributed by atoms with Gasteiger partial charge < -0.3 is 10.4 Å². The molecule has 0 unspecified atom stereocenters. The molecule has 2 N–H and O–H groups in total. The second-order valence-electron chi connectivity index (χ2n) is 3.14. The summed E-state index contributed by atoms with van der Waals surface area (Å²) in [5.41, 5.74) is 0.796. The van der Waals surface area contributed by atoms with Crippen LogP contribution in [0, 0.1) is 0 Å². The minimum Gasteiger partial charge on any atom is -0.477 e. The minimum absolute atomic E-state index is 0.355. The lowest BCUT2D eigenvalue weighted by Gasteiger charge is -1.99. The highest BCUT2D eigenvalue weighted by Crippen LogP contribution is 2.20. The summed E-state index contributed by atoms with van der Waals surface area (Å²) in [4.78, 5) is 11.0. The van der Waals surface area contributed by atoms with E-state index in [0.717, 1.165) is 17.1 Å². The summed E-state index contributed by atoms with van der Waals surface area (Å²) in [6, 6.07) is 0.599. The maximum Gasteiger partial charge on any atom is 0.347 e. The first kappa shape index (κ1) is 8.65. The maximum atomic E-state index is 10.7. The molecule has 1 aromatic heterocycles. The molecule has 0 amide bonds. The van der Waals surface area contributed by atoms with E-state index in [9.17, 15) is 4.79 Å². The van der Waals surface area contributed by atoms with Gasteiger partial charge in [0.15, 0.2) is 0 Å². The van der Waals surface area contributed by atoms with Gasteiger partial charge in [-0.1, -0.05) is 0 Å². The van der Waals surface area contributed by atoms with Crippen molar-refractivity contribution in [2.75, 3.05) is 0 Å². The highest BCUT2D eigenvalue weighted by molar-refractivity contribution is 7.08. The zero-order valence-electron chi connectivity index (χ0n) is 6.99. The van der Waals surface area contributed by atoms with Gasteiger partial charge in [-0.2, -0.15) is 4.37 Å². The molecule has 2 rings (SSSR count). The molecule has 0 radical (unpaired) electrons. The lowest BCUT2D eigenvalue weighted by molar-refractivity contribution is 0.0701. The van der Waals surface area contributed by atoms with Crippen LogP contribution >= 0.6 is 11.5 Å². The van der Waals surface area contributed by atoms with E-state index < -0.39 is 5.97 Å². The Labute approximate surface area is 79.8 Å². The van der Waals surface area contributed by atoms with Gasteiger partial charge in [-0.05, 0) is 24.4 Å². The van der Waals surface area contributed by atoms with Crippen molar-refractivity contribution in [3.63, 3.8) is 0 Å². The molecule has 1 fully saturated rings. The Morgan fingerprint density at radius 1 is 1.77 bits per heavy atom. The fraction of sp³-hybridized carbons (Fsp3) is 0.500. The third-order valence-corrected chi connectivity index (χ3v) is 2.83. The number of carboxylic acid groups (broad SMARTS) is 1. The van der Waals surface area contributed by atoms with Crippen molar-refractivity contribution in [2.45, 2.75) is 25.4 Å². The summed E-state index contributed by atoms with van der Waals surface area (Å²) < 4.78 is 3.86. The van der Waals surface area contributed by atoms with Gasteiger partial charge in [-0.15, -0.1) is 0 Å². The summed E-state index contributed by atoms with van der Waals surface area (Å²) in [5, 5.41) is 12.0. The van der Waals surface area contributed by atoms with Crippen molar-refractivity contribution >= 4 is 17.5 Å². The van der Waals surface area contributed by atoms with E-state index in [2.05, 4.69) is 9.69 Å². The number of carbonyl (C=O) groups is 1. The molecule has 5 heteroatoms. The molecule has 70 valence electrons. The molecule has 4 nitrogen and oxygen atoms in total. The molecule has 1 aliphatic rings. The monoisotopic (exact) mass is 198 g/mol. The third kappa shape index (κ3) is 2.05. The Bertz CT molecular complexity index is 320. The fourth-order valence-electron chi connectivity index (χ4n) is 1.10. The SMILES string of the molecule is O=C(O)c1sncc1CNC1CC1. The Morgan fingerprint density at radius 2 is 2.54 bits per heavy atom. The zero-order valence-corrected chi connectivity index (χ0v) is 7.80. The summed E-state index contributed by atoms with van der Waals surface area (Å²) in [6.07, 6.45) is 4.05. The molecule has 1 saturated carbocycles. The molecule has 13 heavy (non-hydrogen) atoms. The van der Waals surface area contributed by atoms with E-state index in [1.807, 2.05) is 0 Å². The number of aromatic carboxylic acids is 1. The normalized spacial score (nSPS) is 16.0. The number of hydrogen-bond donors (Lipinski definition) is 2. The predicted octanol–water partition coefficient (Wildman–Crippen LogP) is 1.09. The first-order valence-corrected chi connectivity index (χ1v) is 4.95. The summed E-state index contributed by atoms with van der Waals surface area (Å²) in [5.74, 6) is -0.880. The molecule has 0 bridgehead atoms. The fourth-order valence-corrected chi connectivity index (χ4v) is 1.71. The smallest absolute Gasteiger partial charge is 0.347 e. The van der Waals surface area contributed by atoms with Crippen LogP contribution in [0.5, 0.6) is 0 Å². The van der Waals surface area contributed by atoms with Crippen LogP contribution in [0.1, 0.15) is 28.1 Å². The quantitative estimate of drug-likeness (QED) is 0.760. The summed E-state index contributed by atoms with van der Waals surface area (Å²) in [7, 11) is 0. The van der Waals surface area contributed by atoms with E-state index in [0.29, 0.717) is 17.5 Å². The van der Waals surface area contributed by atoms with Crippen LogP contribution in [0.3, 0.4) is 0 Å². The predicted molar refractivity (Wildman–Crippen MR) is 48.9 cm³/mol. The van der Waals surface area contributed by atoms with Crippen molar-refractivity contribution < 1.29 is 9.90 Å². The Morgan fingerprint density at radius 3 is 3.15 bits per heavy atom. The number of carboxylic acids is 1. The minimum atomic E-state index is -0.880. The zero-order chi connectivity index (χ0) is 9.26. The van der Waals surface area contributed by atoms with Gasteiger partial charge in [0.2, 0.25) is 0 Å². The van der Waals surface area contributed by atoms with E-state index >= 15 is 0 Å². The van der Waals surface area contributed by atoms with E-state index in [1.165, 1.54) is 12.8 Å². The standard InChI is InChI=1S/C8H10N2O2S/c11-8(12)7-5(4-10-13-7)3-9-6-1-2-6/h4,6,9H,1-3H2,(H,11,12). The van der Waals surface area contributed by atoms with Crippen LogP contribution in [0.15, 0.2) is 6.20 Å². The van der Waals surface area contributed by atoms with Crippen LogP contribution in [0.2, 0.25) is 0 Å². The molecular weight excluding hydrogens is 188 g/mol. The first-order chi connectivity index (χ1) is 6.27. The number of nitrogens with one attached hydrogen (secondary N) is 1. The van der Waals surface area contributed by atoms with Gasteiger partial charge in [0.1, 0.15) is 4.88 Å². The van der Waals surface area contributed by atoms with E-state index in [1.54, 1.807) is 6.20 Å². The van der Waals surface area contributed by atoms with Gasteiger partial charge in [0, 0.05) is 24.3 Å². The van der Waals surface area contributed by atoms with Crippen molar-refractivity contribution in [3.05, 3.63) is 16.6 Å². The molecule has 0 spiro atoms. The van der Waals surface area contributed by atoms with E-state index in [-0.39, 0.29) is 0 Å². The van der Waals surface area contributed by atoms with Crippen LogP contribution < -0.4 is 5.32 Å². The van der Waals surface area contributed by atoms with Gasteiger partial charge in [0.05, 0.1) is 0 Å². The third-order valence-electron chi connectivity index (χ3n) is 2.00. The Balaban J connectivity index is 2.00. The Kier molecular flexibility index (Phi) is 2.28. The highest BCUT2D eigenvalue weighted by Gasteiger charge is 2.21. The van der Waals surface area contributed by atoms with Crippen molar-refractivity contribution in [3.8, 4) is 0 Å².